The fourth-order valence-corrected chi connectivity index (χ4v) is 4.06. The zero-order chi connectivity index (χ0) is 21.0. The molecule has 1 heterocycles. The first kappa shape index (κ1) is 21.4. The molecule has 0 atom stereocenters. The number of ether oxygens (including phenoxy) is 2. The van der Waals surface area contributed by atoms with Gasteiger partial charge in [0.1, 0.15) is 11.9 Å². The number of benzene rings is 1. The topological polar surface area (TPSA) is 77.5 Å². The fourth-order valence-electron chi connectivity index (χ4n) is 3.15. The maximum absolute atomic E-state index is 12.3. The predicted molar refractivity (Wildman–Crippen MR) is 102 cm³/mol. The summed E-state index contributed by atoms with van der Waals surface area (Å²) in [6.45, 7) is 2.18. The summed E-state index contributed by atoms with van der Waals surface area (Å²) in [4.78, 5) is 28.1. The largest absolute Gasteiger partial charge is 0.573 e. The molecule has 1 amide bonds. The number of esters is 1. The van der Waals surface area contributed by atoms with E-state index in [9.17, 15) is 22.8 Å². The van der Waals surface area contributed by atoms with E-state index in [0.717, 1.165) is 43.1 Å². The Morgan fingerprint density at radius 2 is 1.93 bits per heavy atom. The average Bonchev–Trinajstić information content (AvgIpc) is 3.02. The van der Waals surface area contributed by atoms with Crippen LogP contribution in [-0.2, 0) is 14.3 Å². The standard InChI is InChI=1S/C19H21F3N2O4S/c1-11-2-4-12(5-3-11)27-17(26)9-8-16(25)24-18-23-14-7-6-13(10-15(14)29-18)28-19(20,21)22/h6-7,10-12H,2-5,8-9H2,1H3,(H,23,24,25). The number of hydrogen-bond acceptors (Lipinski definition) is 6. The lowest BCUT2D eigenvalue weighted by molar-refractivity contribution is -0.274. The third-order valence-corrected chi connectivity index (χ3v) is 5.59. The normalized spacial score (nSPS) is 19.7. The molecular weight excluding hydrogens is 409 g/mol. The van der Waals surface area contributed by atoms with Crippen molar-refractivity contribution in [2.24, 2.45) is 5.92 Å². The maximum Gasteiger partial charge on any atom is 0.573 e. The summed E-state index contributed by atoms with van der Waals surface area (Å²) in [6.07, 6.45) is -1.17. The van der Waals surface area contributed by atoms with Gasteiger partial charge in [0.15, 0.2) is 5.13 Å². The molecule has 29 heavy (non-hydrogen) atoms. The van der Waals surface area contributed by atoms with Crippen molar-refractivity contribution < 1.29 is 32.2 Å². The number of nitrogens with zero attached hydrogens (tertiary/aromatic N) is 1. The molecule has 0 radical (unpaired) electrons. The van der Waals surface area contributed by atoms with Crippen LogP contribution in [0.5, 0.6) is 5.75 Å². The van der Waals surface area contributed by atoms with Gasteiger partial charge in [-0.2, -0.15) is 0 Å². The molecular formula is C19H21F3N2O4S. The van der Waals surface area contributed by atoms with Crippen LogP contribution in [0.2, 0.25) is 0 Å². The molecule has 1 aliphatic carbocycles. The second-order valence-corrected chi connectivity index (χ2v) is 8.15. The number of carbonyl (C=O) groups is 2. The number of alkyl halides is 3. The van der Waals surface area contributed by atoms with E-state index in [1.165, 1.54) is 12.1 Å². The van der Waals surface area contributed by atoms with Crippen molar-refractivity contribution in [1.29, 1.82) is 0 Å². The molecule has 0 saturated heterocycles. The first-order valence-electron chi connectivity index (χ1n) is 9.33. The lowest BCUT2D eigenvalue weighted by atomic mass is 9.89. The van der Waals surface area contributed by atoms with Gasteiger partial charge in [0.05, 0.1) is 16.6 Å². The van der Waals surface area contributed by atoms with Crippen LogP contribution in [0.3, 0.4) is 0 Å². The molecule has 0 aliphatic heterocycles. The molecule has 2 aromatic rings. The van der Waals surface area contributed by atoms with E-state index in [0.29, 0.717) is 16.1 Å². The third-order valence-electron chi connectivity index (χ3n) is 4.66. The maximum atomic E-state index is 12.3. The Balaban J connectivity index is 1.48. The number of carbonyl (C=O) groups excluding carboxylic acids is 2. The Morgan fingerprint density at radius 1 is 1.21 bits per heavy atom. The molecule has 0 unspecified atom stereocenters. The summed E-state index contributed by atoms with van der Waals surface area (Å²) in [6, 6.07) is 3.74. The molecule has 0 bridgehead atoms. The second kappa shape index (κ2) is 8.98. The van der Waals surface area contributed by atoms with E-state index in [4.69, 9.17) is 4.74 Å². The summed E-state index contributed by atoms with van der Waals surface area (Å²) in [7, 11) is 0. The minimum absolute atomic E-state index is 0.0354. The summed E-state index contributed by atoms with van der Waals surface area (Å²) in [5.74, 6) is -0.519. The molecule has 1 fully saturated rings. The fraction of sp³-hybridized carbons (Fsp3) is 0.526. The molecule has 1 aromatic carbocycles. The van der Waals surface area contributed by atoms with Gasteiger partial charge < -0.3 is 14.8 Å². The van der Waals surface area contributed by atoms with Crippen molar-refractivity contribution in [3.8, 4) is 5.75 Å². The Hall–Kier alpha value is -2.36. The highest BCUT2D eigenvalue weighted by atomic mass is 32.1. The summed E-state index contributed by atoms with van der Waals surface area (Å²) in [5.41, 5.74) is 0.436. The van der Waals surface area contributed by atoms with Gasteiger partial charge in [-0.3, -0.25) is 9.59 Å². The molecule has 1 aromatic heterocycles. The SMILES string of the molecule is CC1CCC(OC(=O)CCC(=O)Nc2nc3ccc(OC(F)(F)F)cc3s2)CC1. The van der Waals surface area contributed by atoms with Gasteiger partial charge in [0, 0.05) is 12.5 Å². The Morgan fingerprint density at radius 3 is 2.62 bits per heavy atom. The zero-order valence-corrected chi connectivity index (χ0v) is 16.6. The van der Waals surface area contributed by atoms with Crippen molar-refractivity contribution in [2.75, 3.05) is 5.32 Å². The van der Waals surface area contributed by atoms with Crippen molar-refractivity contribution in [2.45, 2.75) is 57.9 Å². The molecule has 0 spiro atoms. The smallest absolute Gasteiger partial charge is 0.462 e. The highest BCUT2D eigenvalue weighted by molar-refractivity contribution is 7.22. The van der Waals surface area contributed by atoms with Gasteiger partial charge in [0.2, 0.25) is 5.91 Å². The highest BCUT2D eigenvalue weighted by Gasteiger charge is 2.31. The van der Waals surface area contributed by atoms with Crippen molar-refractivity contribution >= 4 is 38.6 Å². The van der Waals surface area contributed by atoms with Crippen molar-refractivity contribution in [3.05, 3.63) is 18.2 Å². The Bertz CT molecular complexity index is 876. The molecule has 6 nitrogen and oxygen atoms in total. The number of rotatable bonds is 6. The summed E-state index contributed by atoms with van der Waals surface area (Å²) in [5, 5.41) is 2.80. The number of halogens is 3. The van der Waals surface area contributed by atoms with Crippen LogP contribution in [0.1, 0.15) is 45.4 Å². The van der Waals surface area contributed by atoms with Crippen LogP contribution in [0, 0.1) is 5.92 Å². The quantitative estimate of drug-likeness (QED) is 0.650. The van der Waals surface area contributed by atoms with Gasteiger partial charge in [0.25, 0.3) is 0 Å². The lowest BCUT2D eigenvalue weighted by Crippen LogP contribution is -2.24. The van der Waals surface area contributed by atoms with Crippen LogP contribution in [0.15, 0.2) is 18.2 Å². The van der Waals surface area contributed by atoms with Gasteiger partial charge >= 0.3 is 12.3 Å². The van der Waals surface area contributed by atoms with Crippen molar-refractivity contribution in [3.63, 3.8) is 0 Å². The molecule has 3 rings (SSSR count). The first-order valence-corrected chi connectivity index (χ1v) is 10.2. The Labute approximate surface area is 169 Å². The van der Waals surface area contributed by atoms with Gasteiger partial charge in [-0.15, -0.1) is 13.2 Å². The van der Waals surface area contributed by atoms with Crippen LogP contribution >= 0.6 is 11.3 Å². The summed E-state index contributed by atoms with van der Waals surface area (Å²) < 4.78 is 46.6. The van der Waals surface area contributed by atoms with Crippen LogP contribution in [0.25, 0.3) is 10.2 Å². The number of fused-ring (bicyclic) bond motifs is 1. The first-order chi connectivity index (χ1) is 13.7. The number of thiazole rings is 1. The monoisotopic (exact) mass is 430 g/mol. The second-order valence-electron chi connectivity index (χ2n) is 7.12. The lowest BCUT2D eigenvalue weighted by Gasteiger charge is -2.25. The van der Waals surface area contributed by atoms with E-state index in [1.54, 1.807) is 0 Å². The average molecular weight is 430 g/mol. The van der Waals surface area contributed by atoms with Gasteiger partial charge in [-0.1, -0.05) is 18.3 Å². The molecule has 10 heteroatoms. The third kappa shape index (κ3) is 6.59. The predicted octanol–water partition coefficient (Wildman–Crippen LogP) is 5.04. The van der Waals surface area contributed by atoms with Crippen LogP contribution in [-0.4, -0.2) is 29.3 Å². The van der Waals surface area contributed by atoms with Crippen LogP contribution in [0.4, 0.5) is 18.3 Å². The Kier molecular flexibility index (Phi) is 6.61. The zero-order valence-electron chi connectivity index (χ0n) is 15.8. The van der Waals surface area contributed by atoms with Crippen LogP contribution < -0.4 is 10.1 Å². The van der Waals surface area contributed by atoms with E-state index < -0.39 is 18.2 Å². The molecule has 1 N–H and O–H groups in total. The number of nitrogens with one attached hydrogen (secondary N) is 1. The van der Waals surface area contributed by atoms with Gasteiger partial charge in [-0.25, -0.2) is 4.98 Å². The number of amides is 1. The van der Waals surface area contributed by atoms with E-state index >= 15 is 0 Å². The summed E-state index contributed by atoms with van der Waals surface area (Å²) >= 11 is 1.02. The number of hydrogen-bond donors (Lipinski definition) is 1. The van der Waals surface area contributed by atoms with Crippen molar-refractivity contribution in [1.82, 2.24) is 4.98 Å². The molecule has 1 aliphatic rings. The molecule has 158 valence electrons. The van der Waals surface area contributed by atoms with E-state index in [-0.39, 0.29) is 29.8 Å². The highest BCUT2D eigenvalue weighted by Crippen LogP contribution is 2.31. The van der Waals surface area contributed by atoms with Gasteiger partial charge in [-0.05, 0) is 43.7 Å². The number of anilines is 1. The van der Waals surface area contributed by atoms with E-state index in [2.05, 4.69) is 22.0 Å². The minimum Gasteiger partial charge on any atom is -0.462 e. The van der Waals surface area contributed by atoms with E-state index in [1.807, 2.05) is 0 Å². The number of aromatic nitrogens is 1. The minimum atomic E-state index is -4.78. The molecule has 1 saturated carbocycles.